The molecular formula is C80H58. The Balaban J connectivity index is 0.675. The Hall–Kier alpha value is -9.62. The largest absolute Gasteiger partial charge is 0.0616 e. The van der Waals surface area contributed by atoms with Crippen molar-refractivity contribution in [3.05, 3.63) is 301 Å². The van der Waals surface area contributed by atoms with Crippen LogP contribution < -0.4 is 0 Å². The van der Waals surface area contributed by atoms with E-state index in [1.165, 1.54) is 155 Å². The van der Waals surface area contributed by atoms with E-state index in [9.17, 15) is 0 Å². The summed E-state index contributed by atoms with van der Waals surface area (Å²) in [6.45, 7) is 9.58. The average molecular weight is 1020 g/mol. The van der Waals surface area contributed by atoms with E-state index in [0.29, 0.717) is 0 Å². The molecule has 13 aromatic carbocycles. The van der Waals surface area contributed by atoms with Crippen molar-refractivity contribution in [3.63, 3.8) is 0 Å². The molecule has 0 atom stereocenters. The van der Waals surface area contributed by atoms with Crippen molar-refractivity contribution in [1.29, 1.82) is 0 Å². The van der Waals surface area contributed by atoms with Gasteiger partial charge in [-0.3, -0.25) is 0 Å². The van der Waals surface area contributed by atoms with Gasteiger partial charge in [0.1, 0.15) is 0 Å². The summed E-state index contributed by atoms with van der Waals surface area (Å²) in [4.78, 5) is 0. The standard InChI is InChI=1S/C80H58/c1-79(2)75-47-59(39-43-71(75)73-45-41-61(49-77(73)79)69-23-11-9-21-65(69)55-31-35-57(36-32-55)67-25-13-17-53-15-5-7-19-63(53)67)51-27-29-52(30-28-51)60-40-44-72-74-46-42-62(50-78(74)80(3,4)76(72)48-60)70-24-12-10-22-66(70)56-33-37-58(38-34-56)68-26-14-18-54-16-6-8-20-64(54)68/h5-50H,1-4H3. The molecule has 0 N–H and O–H groups in total. The molecule has 0 saturated carbocycles. The molecule has 0 nitrogen and oxygen atoms in total. The van der Waals surface area contributed by atoms with Gasteiger partial charge in [-0.1, -0.05) is 282 Å². The molecule has 80 heavy (non-hydrogen) atoms. The lowest BCUT2D eigenvalue weighted by molar-refractivity contribution is 0.660. The van der Waals surface area contributed by atoms with E-state index in [-0.39, 0.29) is 10.8 Å². The number of benzene rings is 13. The quantitative estimate of drug-likeness (QED) is 0.142. The van der Waals surface area contributed by atoms with Crippen molar-refractivity contribution in [2.24, 2.45) is 0 Å². The SMILES string of the molecule is CC1(C)c2cc(-c3ccc(-c4ccc5c(c4)C(C)(C)c4cc(-c6ccccc6-c6ccc(-c7cccc8ccccc78)cc6)ccc4-5)cc3)ccc2-c2ccc(-c3ccccc3-c3ccc(-c4cccc5ccccc45)cc3)cc21. The normalized spacial score (nSPS) is 13.4. The molecule has 0 saturated heterocycles. The Morgan fingerprint density at radius 2 is 0.412 bits per heavy atom. The lowest BCUT2D eigenvalue weighted by Gasteiger charge is -2.23. The first-order valence-corrected chi connectivity index (χ1v) is 28.2. The first kappa shape index (κ1) is 47.6. The molecule has 0 aliphatic heterocycles. The lowest BCUT2D eigenvalue weighted by Crippen LogP contribution is -2.15. The van der Waals surface area contributed by atoms with Gasteiger partial charge in [-0.25, -0.2) is 0 Å². The molecule has 0 aromatic heterocycles. The first-order valence-electron chi connectivity index (χ1n) is 28.2. The third kappa shape index (κ3) is 7.73. The predicted molar refractivity (Wildman–Crippen MR) is 340 cm³/mol. The number of fused-ring (bicyclic) bond motifs is 8. The van der Waals surface area contributed by atoms with Crippen LogP contribution in [-0.2, 0) is 10.8 Å². The van der Waals surface area contributed by atoms with Crippen LogP contribution in [0.25, 0.3) is 133 Å². The van der Waals surface area contributed by atoms with Crippen LogP contribution in [0.2, 0.25) is 0 Å². The summed E-state index contributed by atoms with van der Waals surface area (Å²) in [6, 6.07) is 104. The molecule has 15 rings (SSSR count). The van der Waals surface area contributed by atoms with Gasteiger partial charge in [0.05, 0.1) is 0 Å². The zero-order chi connectivity index (χ0) is 53.7. The van der Waals surface area contributed by atoms with Gasteiger partial charge in [0.2, 0.25) is 0 Å². The zero-order valence-electron chi connectivity index (χ0n) is 45.6. The minimum Gasteiger partial charge on any atom is -0.0616 e. The highest BCUT2D eigenvalue weighted by atomic mass is 14.4. The smallest absolute Gasteiger partial charge is 0.0159 e. The Morgan fingerprint density at radius 3 is 0.775 bits per heavy atom. The highest BCUT2D eigenvalue weighted by molar-refractivity contribution is 5.99. The van der Waals surface area contributed by atoms with Gasteiger partial charge in [0.15, 0.2) is 0 Å². The maximum atomic E-state index is 2.45. The highest BCUT2D eigenvalue weighted by Gasteiger charge is 2.37. The van der Waals surface area contributed by atoms with E-state index < -0.39 is 0 Å². The highest BCUT2D eigenvalue weighted by Crippen LogP contribution is 2.53. The summed E-state index contributed by atoms with van der Waals surface area (Å²) in [7, 11) is 0. The van der Waals surface area contributed by atoms with Gasteiger partial charge < -0.3 is 0 Å². The van der Waals surface area contributed by atoms with Gasteiger partial charge in [-0.05, 0) is 179 Å². The second kappa shape index (κ2) is 18.5. The fraction of sp³-hybridized carbons (Fsp3) is 0.0750. The van der Waals surface area contributed by atoms with Gasteiger partial charge in [-0.15, -0.1) is 0 Å². The summed E-state index contributed by atoms with van der Waals surface area (Å²) in [5, 5.41) is 5.09. The summed E-state index contributed by atoms with van der Waals surface area (Å²) < 4.78 is 0. The second-order valence-corrected chi connectivity index (χ2v) is 23.2. The van der Waals surface area contributed by atoms with E-state index in [0.717, 1.165) is 0 Å². The minimum atomic E-state index is -0.171. The van der Waals surface area contributed by atoms with Crippen molar-refractivity contribution in [3.8, 4) is 111 Å². The Labute approximate surface area is 470 Å². The minimum absolute atomic E-state index is 0.171. The molecule has 2 aliphatic rings. The lowest BCUT2D eigenvalue weighted by atomic mass is 9.80. The van der Waals surface area contributed by atoms with Crippen LogP contribution in [0.5, 0.6) is 0 Å². The molecule has 0 heterocycles. The molecular weight excluding hydrogens is 961 g/mol. The monoisotopic (exact) mass is 1020 g/mol. The van der Waals surface area contributed by atoms with Gasteiger partial charge >= 0.3 is 0 Å². The van der Waals surface area contributed by atoms with Gasteiger partial charge in [0, 0.05) is 10.8 Å². The molecule has 0 fully saturated rings. The van der Waals surface area contributed by atoms with Crippen molar-refractivity contribution < 1.29 is 0 Å². The molecule has 13 aromatic rings. The molecule has 378 valence electrons. The Morgan fingerprint density at radius 1 is 0.175 bits per heavy atom. The van der Waals surface area contributed by atoms with E-state index in [1.54, 1.807) is 0 Å². The topological polar surface area (TPSA) is 0 Å². The summed E-state index contributed by atoms with van der Waals surface area (Å²) >= 11 is 0. The van der Waals surface area contributed by atoms with E-state index in [1.807, 2.05) is 0 Å². The Bertz CT molecular complexity index is 4300. The molecule has 0 bridgehead atoms. The van der Waals surface area contributed by atoms with Crippen LogP contribution >= 0.6 is 0 Å². The predicted octanol–water partition coefficient (Wildman–Crippen LogP) is 21.9. The molecule has 0 amide bonds. The molecule has 0 unspecified atom stereocenters. The van der Waals surface area contributed by atoms with Crippen LogP contribution in [-0.4, -0.2) is 0 Å². The number of hydrogen-bond acceptors (Lipinski definition) is 0. The number of rotatable bonds is 8. The van der Waals surface area contributed by atoms with E-state index in [2.05, 4.69) is 307 Å². The summed E-state index contributed by atoms with van der Waals surface area (Å²) in [5.74, 6) is 0. The summed E-state index contributed by atoms with van der Waals surface area (Å²) in [5.41, 5.74) is 30.3. The van der Waals surface area contributed by atoms with Gasteiger partial charge in [0.25, 0.3) is 0 Å². The van der Waals surface area contributed by atoms with E-state index >= 15 is 0 Å². The number of hydrogen-bond donors (Lipinski definition) is 0. The van der Waals surface area contributed by atoms with Crippen LogP contribution in [0.1, 0.15) is 49.9 Å². The zero-order valence-corrected chi connectivity index (χ0v) is 45.6. The maximum Gasteiger partial charge on any atom is 0.0159 e. The van der Waals surface area contributed by atoms with Crippen LogP contribution in [0.3, 0.4) is 0 Å². The van der Waals surface area contributed by atoms with Crippen molar-refractivity contribution in [1.82, 2.24) is 0 Å². The van der Waals surface area contributed by atoms with Crippen LogP contribution in [0, 0.1) is 0 Å². The van der Waals surface area contributed by atoms with Crippen molar-refractivity contribution in [2.75, 3.05) is 0 Å². The first-order chi connectivity index (χ1) is 39.2. The Kier molecular flexibility index (Phi) is 11.0. The van der Waals surface area contributed by atoms with Crippen molar-refractivity contribution >= 4 is 21.5 Å². The summed E-state index contributed by atoms with van der Waals surface area (Å²) in [6.07, 6.45) is 0. The van der Waals surface area contributed by atoms with E-state index in [4.69, 9.17) is 0 Å². The van der Waals surface area contributed by atoms with Crippen molar-refractivity contribution in [2.45, 2.75) is 38.5 Å². The van der Waals surface area contributed by atoms with Crippen LogP contribution in [0.4, 0.5) is 0 Å². The fourth-order valence-corrected chi connectivity index (χ4v) is 13.6. The third-order valence-corrected chi connectivity index (χ3v) is 18.0. The molecule has 2 aliphatic carbocycles. The second-order valence-electron chi connectivity index (χ2n) is 23.2. The molecule has 0 heteroatoms. The molecule has 0 spiro atoms. The maximum absolute atomic E-state index is 2.45. The third-order valence-electron chi connectivity index (χ3n) is 18.0. The molecule has 0 radical (unpaired) electrons. The van der Waals surface area contributed by atoms with Crippen LogP contribution in [0.15, 0.2) is 279 Å². The van der Waals surface area contributed by atoms with Gasteiger partial charge in [-0.2, -0.15) is 0 Å². The average Bonchev–Trinajstić information content (AvgIpc) is 3.90. The fourth-order valence-electron chi connectivity index (χ4n) is 13.6.